The van der Waals surface area contributed by atoms with Crippen molar-refractivity contribution in [2.45, 2.75) is 32.2 Å². The van der Waals surface area contributed by atoms with Crippen LogP contribution in [0.1, 0.15) is 31.2 Å². The van der Waals surface area contributed by atoms with Gasteiger partial charge in [-0.25, -0.2) is 4.98 Å². The average Bonchev–Trinajstić information content (AvgIpc) is 2.80. The summed E-state index contributed by atoms with van der Waals surface area (Å²) in [6, 6.07) is 12.1. The first-order valence-electron chi connectivity index (χ1n) is 10.7. The maximum Gasteiger partial charge on any atom is 0.195 e. The van der Waals surface area contributed by atoms with Gasteiger partial charge in [0.2, 0.25) is 0 Å². The van der Waals surface area contributed by atoms with E-state index >= 15 is 0 Å². The first-order valence-corrected chi connectivity index (χ1v) is 10.7. The van der Waals surface area contributed by atoms with Crippen molar-refractivity contribution in [1.29, 1.82) is 0 Å². The van der Waals surface area contributed by atoms with Gasteiger partial charge in [-0.15, -0.1) is 0 Å². The number of aromatic nitrogens is 1. The van der Waals surface area contributed by atoms with Crippen LogP contribution in [0.2, 0.25) is 0 Å². The van der Waals surface area contributed by atoms with Gasteiger partial charge in [-0.1, -0.05) is 6.07 Å². The Morgan fingerprint density at radius 3 is 2.80 bits per heavy atom. The van der Waals surface area contributed by atoms with E-state index in [1.165, 1.54) is 24.8 Å². The summed E-state index contributed by atoms with van der Waals surface area (Å²) in [5, 5.41) is 6.71. The highest BCUT2D eigenvalue weighted by molar-refractivity contribution is 5.93. The number of nitrogens with one attached hydrogen (secondary N) is 2. The first kappa shape index (κ1) is 21.9. The Balaban J connectivity index is 1.52. The van der Waals surface area contributed by atoms with Gasteiger partial charge < -0.3 is 25.0 Å². The number of hydrogen-bond acceptors (Lipinski definition) is 5. The summed E-state index contributed by atoms with van der Waals surface area (Å²) in [5.41, 5.74) is 2.11. The second-order valence-corrected chi connectivity index (χ2v) is 7.34. The van der Waals surface area contributed by atoms with Crippen molar-refractivity contribution in [3.8, 4) is 5.75 Å². The lowest BCUT2D eigenvalue weighted by atomic mass is 10.1. The lowest BCUT2D eigenvalue weighted by Crippen LogP contribution is -2.31. The number of piperidine rings is 1. The second-order valence-electron chi connectivity index (χ2n) is 7.34. The van der Waals surface area contributed by atoms with Gasteiger partial charge in [0, 0.05) is 64.8 Å². The molecule has 1 fully saturated rings. The molecule has 30 heavy (non-hydrogen) atoms. The molecule has 1 aromatic carbocycles. The quantitative estimate of drug-likeness (QED) is 0.373. The molecule has 0 aliphatic carbocycles. The van der Waals surface area contributed by atoms with Crippen LogP contribution in [-0.4, -0.2) is 51.4 Å². The third-order valence-electron chi connectivity index (χ3n) is 5.03. The zero-order valence-corrected chi connectivity index (χ0v) is 18.1. The van der Waals surface area contributed by atoms with Crippen LogP contribution < -0.4 is 20.3 Å². The Morgan fingerprint density at radius 2 is 2.00 bits per heavy atom. The fourth-order valence-electron chi connectivity index (χ4n) is 3.43. The summed E-state index contributed by atoms with van der Waals surface area (Å²) in [6.45, 7) is 4.19. The normalized spacial score (nSPS) is 14.5. The van der Waals surface area contributed by atoms with E-state index in [1.54, 1.807) is 14.2 Å². The number of rotatable bonds is 9. The van der Waals surface area contributed by atoms with E-state index in [1.807, 2.05) is 36.5 Å². The largest absolute Gasteiger partial charge is 0.493 e. The molecule has 0 unspecified atom stereocenters. The maximum absolute atomic E-state index is 5.77. The Morgan fingerprint density at radius 1 is 1.13 bits per heavy atom. The van der Waals surface area contributed by atoms with Gasteiger partial charge in [-0.3, -0.25) is 4.99 Å². The molecule has 2 N–H and O–H groups in total. The van der Waals surface area contributed by atoms with E-state index < -0.39 is 0 Å². The van der Waals surface area contributed by atoms with Crippen molar-refractivity contribution >= 4 is 17.5 Å². The van der Waals surface area contributed by atoms with Gasteiger partial charge in [-0.2, -0.15) is 0 Å². The first-order chi connectivity index (χ1) is 14.8. The standard InChI is InChI=1S/C23H33N5O2/c1-24-23(27-20-8-6-9-21(17-20)30-15-7-14-29-2)26-18-19-10-11-25-22(16-19)28-12-4-3-5-13-28/h6,8-11,16-17H,3-5,7,12-15,18H2,1-2H3,(H2,24,26,27). The summed E-state index contributed by atoms with van der Waals surface area (Å²) >= 11 is 0. The lowest BCUT2D eigenvalue weighted by molar-refractivity contribution is 0.172. The van der Waals surface area contributed by atoms with Crippen molar-refractivity contribution in [2.75, 3.05) is 50.7 Å². The fourth-order valence-corrected chi connectivity index (χ4v) is 3.43. The maximum atomic E-state index is 5.77. The highest BCUT2D eigenvalue weighted by Gasteiger charge is 2.12. The Hall–Kier alpha value is -2.80. The molecule has 0 amide bonds. The van der Waals surface area contributed by atoms with Crippen LogP contribution in [0.4, 0.5) is 11.5 Å². The van der Waals surface area contributed by atoms with Gasteiger partial charge in [0.05, 0.1) is 6.61 Å². The van der Waals surface area contributed by atoms with Gasteiger partial charge in [-0.05, 0) is 49.1 Å². The minimum Gasteiger partial charge on any atom is -0.493 e. The molecule has 1 aliphatic heterocycles. The number of ether oxygens (including phenoxy) is 2. The Kier molecular flexibility index (Phi) is 8.78. The second kappa shape index (κ2) is 12.0. The molecule has 162 valence electrons. The van der Waals surface area contributed by atoms with E-state index in [4.69, 9.17) is 9.47 Å². The zero-order chi connectivity index (χ0) is 21.0. The average molecular weight is 412 g/mol. The van der Waals surface area contributed by atoms with E-state index in [9.17, 15) is 0 Å². The van der Waals surface area contributed by atoms with E-state index in [-0.39, 0.29) is 0 Å². The summed E-state index contributed by atoms with van der Waals surface area (Å²) < 4.78 is 10.8. The third kappa shape index (κ3) is 6.91. The fraction of sp³-hybridized carbons (Fsp3) is 0.478. The van der Waals surface area contributed by atoms with Crippen LogP contribution in [0, 0.1) is 0 Å². The van der Waals surface area contributed by atoms with Crippen LogP contribution in [0.25, 0.3) is 0 Å². The molecular formula is C23H33N5O2. The number of anilines is 2. The summed E-state index contributed by atoms with van der Waals surface area (Å²) in [6.07, 6.45) is 6.56. The highest BCUT2D eigenvalue weighted by atomic mass is 16.5. The van der Waals surface area contributed by atoms with Crippen molar-refractivity contribution in [1.82, 2.24) is 10.3 Å². The van der Waals surface area contributed by atoms with Gasteiger partial charge >= 0.3 is 0 Å². The van der Waals surface area contributed by atoms with Crippen molar-refractivity contribution in [3.05, 3.63) is 48.2 Å². The number of guanidine groups is 1. The molecule has 0 radical (unpaired) electrons. The van der Waals surface area contributed by atoms with Crippen molar-refractivity contribution < 1.29 is 9.47 Å². The predicted octanol–water partition coefficient (Wildman–Crippen LogP) is 3.67. The third-order valence-corrected chi connectivity index (χ3v) is 5.03. The molecule has 2 heterocycles. The lowest BCUT2D eigenvalue weighted by Gasteiger charge is -2.28. The van der Waals surface area contributed by atoms with Crippen molar-refractivity contribution in [3.63, 3.8) is 0 Å². The van der Waals surface area contributed by atoms with Gasteiger partial charge in [0.15, 0.2) is 5.96 Å². The molecule has 7 heteroatoms. The predicted molar refractivity (Wildman–Crippen MR) is 123 cm³/mol. The van der Waals surface area contributed by atoms with E-state index in [2.05, 4.69) is 31.6 Å². The van der Waals surface area contributed by atoms with Gasteiger partial charge in [0.25, 0.3) is 0 Å². The molecular weight excluding hydrogens is 378 g/mol. The molecule has 0 bridgehead atoms. The minimum absolute atomic E-state index is 0.631. The Bertz CT molecular complexity index is 806. The number of benzene rings is 1. The van der Waals surface area contributed by atoms with Gasteiger partial charge in [0.1, 0.15) is 11.6 Å². The van der Waals surface area contributed by atoms with Crippen LogP contribution in [0.15, 0.2) is 47.6 Å². The number of methoxy groups -OCH3 is 1. The molecule has 0 atom stereocenters. The highest BCUT2D eigenvalue weighted by Crippen LogP contribution is 2.19. The molecule has 3 rings (SSSR count). The molecule has 0 saturated carbocycles. The zero-order valence-electron chi connectivity index (χ0n) is 18.1. The van der Waals surface area contributed by atoms with E-state index in [0.29, 0.717) is 25.7 Å². The van der Waals surface area contributed by atoms with Crippen LogP contribution in [0.5, 0.6) is 5.75 Å². The van der Waals surface area contributed by atoms with Crippen molar-refractivity contribution in [2.24, 2.45) is 4.99 Å². The molecule has 1 saturated heterocycles. The molecule has 2 aromatic rings. The molecule has 1 aromatic heterocycles. The molecule has 0 spiro atoms. The van der Waals surface area contributed by atoms with Crippen LogP contribution in [-0.2, 0) is 11.3 Å². The minimum atomic E-state index is 0.631. The number of aliphatic imine (C=N–C) groups is 1. The SMILES string of the molecule is CN=C(NCc1ccnc(N2CCCCC2)c1)Nc1cccc(OCCCOC)c1. The Labute approximate surface area is 179 Å². The monoisotopic (exact) mass is 411 g/mol. The molecule has 1 aliphatic rings. The van der Waals surface area contributed by atoms with E-state index in [0.717, 1.165) is 36.8 Å². The smallest absolute Gasteiger partial charge is 0.195 e. The summed E-state index contributed by atoms with van der Waals surface area (Å²) in [4.78, 5) is 11.3. The number of nitrogens with zero attached hydrogens (tertiary/aromatic N) is 3. The van der Waals surface area contributed by atoms with Crippen LogP contribution in [0.3, 0.4) is 0 Å². The number of hydrogen-bond donors (Lipinski definition) is 2. The van der Waals surface area contributed by atoms with Crippen LogP contribution >= 0.6 is 0 Å². The summed E-state index contributed by atoms with van der Waals surface area (Å²) in [5.74, 6) is 2.60. The summed E-state index contributed by atoms with van der Waals surface area (Å²) in [7, 11) is 3.47. The topological polar surface area (TPSA) is 71.0 Å². The number of pyridine rings is 1. The molecule has 7 nitrogen and oxygen atoms in total.